The molecule has 1 aliphatic carbocycles. The Morgan fingerprint density at radius 2 is 2.08 bits per heavy atom. The summed E-state index contributed by atoms with van der Waals surface area (Å²) in [5, 5.41) is 11.7. The summed E-state index contributed by atoms with van der Waals surface area (Å²) >= 11 is 0. The van der Waals surface area contributed by atoms with Gasteiger partial charge in [-0.1, -0.05) is 24.3 Å². The van der Waals surface area contributed by atoms with Crippen molar-refractivity contribution in [2.75, 3.05) is 32.0 Å². The number of nitrogens with zero attached hydrogens (tertiary/aromatic N) is 2. The number of nitro groups is 1. The van der Waals surface area contributed by atoms with Gasteiger partial charge in [0.1, 0.15) is 0 Å². The molecule has 24 heavy (non-hydrogen) atoms. The van der Waals surface area contributed by atoms with Gasteiger partial charge in [0.15, 0.2) is 0 Å². The third-order valence-electron chi connectivity index (χ3n) is 4.39. The zero-order chi connectivity index (χ0) is 17.2. The molecule has 1 aromatic carbocycles. The van der Waals surface area contributed by atoms with E-state index in [0.717, 1.165) is 11.1 Å². The number of benzene rings is 1. The molecule has 1 fully saturated rings. The van der Waals surface area contributed by atoms with Crippen LogP contribution in [-0.4, -0.2) is 47.6 Å². The number of rotatable bonds is 3. The van der Waals surface area contributed by atoms with Crippen LogP contribution in [0.5, 0.6) is 0 Å². The van der Waals surface area contributed by atoms with Gasteiger partial charge in [-0.15, -0.1) is 0 Å². The second-order valence-corrected chi connectivity index (χ2v) is 5.91. The number of hydrogen-bond donors (Lipinski definition) is 1. The molecule has 0 spiro atoms. The number of hydrogen-bond acceptors (Lipinski definition) is 5. The fourth-order valence-corrected chi connectivity index (χ4v) is 2.97. The first-order valence-electron chi connectivity index (χ1n) is 7.80. The van der Waals surface area contributed by atoms with Crippen LogP contribution in [-0.2, 0) is 9.53 Å². The molecule has 1 atom stereocenters. The van der Waals surface area contributed by atoms with Gasteiger partial charge in [-0.25, -0.2) is 0 Å². The Kier molecular flexibility index (Phi) is 4.35. The standard InChI is InChI=1S/C17H19N3O4/c18-15-3-1-2-14(12-15)13-4-6-17(7-5-13,20(22)23)16(21)19-8-10-24-11-9-19/h1-6,12H,7-11,18H2. The fourth-order valence-electron chi connectivity index (χ4n) is 2.97. The average Bonchev–Trinajstić information content (AvgIpc) is 2.62. The van der Waals surface area contributed by atoms with Crippen molar-refractivity contribution in [3.63, 3.8) is 0 Å². The molecule has 2 aliphatic rings. The number of ether oxygens (including phenoxy) is 1. The normalized spacial score (nSPS) is 23.7. The molecule has 1 saturated heterocycles. The number of morpholine rings is 1. The van der Waals surface area contributed by atoms with Crippen molar-refractivity contribution in [2.24, 2.45) is 0 Å². The zero-order valence-electron chi connectivity index (χ0n) is 13.2. The summed E-state index contributed by atoms with van der Waals surface area (Å²) in [6.45, 7) is 1.59. The van der Waals surface area contributed by atoms with Gasteiger partial charge >= 0.3 is 11.4 Å². The predicted octanol–water partition coefficient (Wildman–Crippen LogP) is 1.49. The van der Waals surface area contributed by atoms with E-state index in [4.69, 9.17) is 10.5 Å². The Balaban J connectivity index is 1.85. The van der Waals surface area contributed by atoms with Crippen molar-refractivity contribution >= 4 is 17.2 Å². The third-order valence-corrected chi connectivity index (χ3v) is 4.39. The van der Waals surface area contributed by atoms with Gasteiger partial charge in [-0.2, -0.15) is 0 Å². The molecule has 1 aliphatic heterocycles. The molecule has 0 radical (unpaired) electrons. The number of allylic oxidation sites excluding steroid dienone is 2. The number of anilines is 1. The van der Waals surface area contributed by atoms with Gasteiger partial charge in [-0.3, -0.25) is 14.9 Å². The minimum absolute atomic E-state index is 0.0246. The van der Waals surface area contributed by atoms with Crippen LogP contribution in [0.1, 0.15) is 12.0 Å². The van der Waals surface area contributed by atoms with E-state index in [9.17, 15) is 14.9 Å². The van der Waals surface area contributed by atoms with Crippen molar-refractivity contribution in [1.29, 1.82) is 0 Å². The van der Waals surface area contributed by atoms with Crippen molar-refractivity contribution in [1.82, 2.24) is 4.90 Å². The molecule has 7 nitrogen and oxygen atoms in total. The van der Waals surface area contributed by atoms with Crippen LogP contribution in [0, 0.1) is 10.1 Å². The molecule has 0 saturated carbocycles. The molecular weight excluding hydrogens is 310 g/mol. The summed E-state index contributed by atoms with van der Waals surface area (Å²) in [7, 11) is 0. The largest absolute Gasteiger partial charge is 0.399 e. The lowest BCUT2D eigenvalue weighted by molar-refractivity contribution is -0.539. The van der Waals surface area contributed by atoms with Crippen molar-refractivity contribution < 1.29 is 14.5 Å². The first kappa shape index (κ1) is 16.2. The van der Waals surface area contributed by atoms with E-state index in [1.54, 1.807) is 24.3 Å². The van der Waals surface area contributed by atoms with Gasteiger partial charge < -0.3 is 15.4 Å². The first-order valence-corrected chi connectivity index (χ1v) is 7.80. The topological polar surface area (TPSA) is 98.7 Å². The van der Waals surface area contributed by atoms with Crippen LogP contribution in [0.2, 0.25) is 0 Å². The van der Waals surface area contributed by atoms with Crippen LogP contribution >= 0.6 is 0 Å². The van der Waals surface area contributed by atoms with Gasteiger partial charge in [0, 0.05) is 29.8 Å². The second-order valence-electron chi connectivity index (χ2n) is 5.91. The van der Waals surface area contributed by atoms with E-state index in [-0.39, 0.29) is 6.42 Å². The number of carbonyl (C=O) groups excluding carboxylic acids is 1. The lowest BCUT2D eigenvalue weighted by Crippen LogP contribution is -2.55. The minimum atomic E-state index is -1.73. The van der Waals surface area contributed by atoms with Crippen LogP contribution < -0.4 is 5.73 Å². The van der Waals surface area contributed by atoms with Crippen molar-refractivity contribution in [3.05, 3.63) is 58.2 Å². The smallest absolute Gasteiger partial charge is 0.320 e. The van der Waals surface area contributed by atoms with Gasteiger partial charge in [0.05, 0.1) is 19.6 Å². The third kappa shape index (κ3) is 2.90. The van der Waals surface area contributed by atoms with E-state index in [0.29, 0.717) is 32.0 Å². The van der Waals surface area contributed by atoms with Crippen LogP contribution in [0.3, 0.4) is 0 Å². The molecule has 3 rings (SSSR count). The first-order chi connectivity index (χ1) is 11.5. The maximum absolute atomic E-state index is 12.7. The zero-order valence-corrected chi connectivity index (χ0v) is 13.2. The molecule has 1 amide bonds. The Labute approximate surface area is 139 Å². The van der Waals surface area contributed by atoms with Crippen LogP contribution in [0.4, 0.5) is 5.69 Å². The fraction of sp³-hybridized carbons (Fsp3) is 0.353. The highest BCUT2D eigenvalue weighted by molar-refractivity contribution is 5.90. The van der Waals surface area contributed by atoms with Crippen LogP contribution in [0.15, 0.2) is 42.5 Å². The summed E-state index contributed by atoms with van der Waals surface area (Å²) in [6, 6.07) is 7.29. The highest BCUT2D eigenvalue weighted by atomic mass is 16.6. The Bertz CT molecular complexity index is 722. The maximum Gasteiger partial charge on any atom is 0.320 e. The molecule has 0 bridgehead atoms. The number of nitrogens with two attached hydrogens (primary N) is 1. The molecule has 2 N–H and O–H groups in total. The number of amides is 1. The Morgan fingerprint density at radius 1 is 1.33 bits per heavy atom. The molecule has 1 aromatic rings. The summed E-state index contributed by atoms with van der Waals surface area (Å²) in [5.41, 5.74) is 6.37. The quantitative estimate of drug-likeness (QED) is 0.514. The number of carbonyl (C=O) groups is 1. The predicted molar refractivity (Wildman–Crippen MR) is 89.7 cm³/mol. The summed E-state index contributed by atoms with van der Waals surface area (Å²) in [5.74, 6) is -0.477. The maximum atomic E-state index is 12.7. The van der Waals surface area contributed by atoms with Gasteiger partial charge in [0.25, 0.3) is 0 Å². The Morgan fingerprint density at radius 3 is 2.67 bits per heavy atom. The summed E-state index contributed by atoms with van der Waals surface area (Å²) in [4.78, 5) is 25.4. The van der Waals surface area contributed by atoms with Crippen LogP contribution in [0.25, 0.3) is 5.57 Å². The molecular formula is C17H19N3O4. The monoisotopic (exact) mass is 329 g/mol. The number of nitrogen functional groups attached to an aromatic ring is 1. The minimum Gasteiger partial charge on any atom is -0.399 e. The summed E-state index contributed by atoms with van der Waals surface area (Å²) in [6.07, 6.45) is 4.80. The summed E-state index contributed by atoms with van der Waals surface area (Å²) < 4.78 is 5.21. The van der Waals surface area contributed by atoms with E-state index in [2.05, 4.69) is 0 Å². The SMILES string of the molecule is Nc1cccc(C2=CCC(C(=O)N3CCOCC3)([N+](=O)[O-])C=C2)c1. The lowest BCUT2D eigenvalue weighted by Gasteiger charge is -2.32. The van der Waals surface area contributed by atoms with Crippen molar-refractivity contribution in [3.8, 4) is 0 Å². The average molecular weight is 329 g/mol. The van der Waals surface area contributed by atoms with E-state index in [1.807, 2.05) is 12.1 Å². The van der Waals surface area contributed by atoms with E-state index < -0.39 is 16.4 Å². The van der Waals surface area contributed by atoms with Gasteiger partial charge in [-0.05, 0) is 23.3 Å². The molecule has 1 unspecified atom stereocenters. The Hall–Kier alpha value is -2.67. The highest BCUT2D eigenvalue weighted by Crippen LogP contribution is 2.31. The van der Waals surface area contributed by atoms with E-state index >= 15 is 0 Å². The highest BCUT2D eigenvalue weighted by Gasteiger charge is 2.51. The molecule has 1 heterocycles. The van der Waals surface area contributed by atoms with Crippen molar-refractivity contribution in [2.45, 2.75) is 12.0 Å². The molecule has 0 aromatic heterocycles. The molecule has 126 valence electrons. The van der Waals surface area contributed by atoms with Gasteiger partial charge in [0.2, 0.25) is 0 Å². The molecule has 7 heteroatoms. The lowest BCUT2D eigenvalue weighted by atomic mass is 9.85. The van der Waals surface area contributed by atoms with E-state index in [1.165, 1.54) is 11.0 Å². The second kappa shape index (κ2) is 6.45.